The standard InChI is InChI=1S/C36H43NO4/c1-5-7-13-34(28-17-15-27(16-18-28)24-26(3)4)41-31-21-19-29(20-22-31)36(39)32-25-30(11-10-14-35(38)40-6-2)37-23-9-8-12-33(32)37/h8-9,12,15-23,25-26,34H,5-7,10-11,13-14,24H2,1-4H3. The van der Waals surface area contributed by atoms with E-state index in [2.05, 4.69) is 45.0 Å². The molecule has 0 radical (unpaired) electrons. The van der Waals surface area contributed by atoms with Crippen molar-refractivity contribution in [3.63, 3.8) is 0 Å². The first-order chi connectivity index (χ1) is 19.9. The minimum atomic E-state index is -0.188. The summed E-state index contributed by atoms with van der Waals surface area (Å²) in [5.74, 6) is 1.17. The number of carbonyl (C=O) groups excluding carboxylic acids is 2. The maximum absolute atomic E-state index is 13.6. The summed E-state index contributed by atoms with van der Waals surface area (Å²) in [4.78, 5) is 25.4. The van der Waals surface area contributed by atoms with Crippen molar-refractivity contribution >= 4 is 17.3 Å². The molecule has 5 nitrogen and oxygen atoms in total. The van der Waals surface area contributed by atoms with Crippen LogP contribution in [0.2, 0.25) is 0 Å². The third-order valence-electron chi connectivity index (χ3n) is 7.33. The number of aromatic nitrogens is 1. The largest absolute Gasteiger partial charge is 0.486 e. The highest BCUT2D eigenvalue weighted by atomic mass is 16.5. The number of unbranched alkanes of at least 4 members (excludes halogenated alkanes) is 1. The molecule has 1 atom stereocenters. The molecule has 0 amide bonds. The Balaban J connectivity index is 1.48. The summed E-state index contributed by atoms with van der Waals surface area (Å²) in [6.45, 7) is 8.87. The van der Waals surface area contributed by atoms with Crippen molar-refractivity contribution in [1.29, 1.82) is 0 Å². The maximum Gasteiger partial charge on any atom is 0.305 e. The fraction of sp³-hybridized carbons (Fsp3) is 0.389. The highest BCUT2D eigenvalue weighted by Crippen LogP contribution is 2.29. The Labute approximate surface area is 244 Å². The monoisotopic (exact) mass is 553 g/mol. The van der Waals surface area contributed by atoms with Gasteiger partial charge < -0.3 is 13.9 Å². The smallest absolute Gasteiger partial charge is 0.305 e. The van der Waals surface area contributed by atoms with E-state index in [-0.39, 0.29) is 17.9 Å². The molecule has 2 heterocycles. The highest BCUT2D eigenvalue weighted by Gasteiger charge is 2.18. The lowest BCUT2D eigenvalue weighted by Crippen LogP contribution is -2.08. The van der Waals surface area contributed by atoms with Gasteiger partial charge in [0.05, 0.1) is 12.1 Å². The van der Waals surface area contributed by atoms with Gasteiger partial charge in [-0.2, -0.15) is 0 Å². The predicted molar refractivity (Wildman–Crippen MR) is 165 cm³/mol. The molecule has 2 aromatic heterocycles. The van der Waals surface area contributed by atoms with Crippen LogP contribution in [0.4, 0.5) is 0 Å². The van der Waals surface area contributed by atoms with Crippen LogP contribution in [0.25, 0.3) is 5.52 Å². The van der Waals surface area contributed by atoms with Crippen LogP contribution in [-0.4, -0.2) is 22.8 Å². The van der Waals surface area contributed by atoms with Crippen LogP contribution < -0.4 is 4.74 Å². The predicted octanol–water partition coefficient (Wildman–Crippen LogP) is 8.56. The van der Waals surface area contributed by atoms with E-state index in [9.17, 15) is 9.59 Å². The normalized spacial score (nSPS) is 12.0. The van der Waals surface area contributed by atoms with E-state index < -0.39 is 0 Å². The molecule has 0 fully saturated rings. The average Bonchev–Trinajstić information content (AvgIpc) is 3.34. The first-order valence-electron chi connectivity index (χ1n) is 15.0. The number of ether oxygens (including phenoxy) is 2. The summed E-state index contributed by atoms with van der Waals surface area (Å²) >= 11 is 0. The first-order valence-corrected chi connectivity index (χ1v) is 15.0. The van der Waals surface area contributed by atoms with Crippen molar-refractivity contribution in [3.05, 3.63) is 107 Å². The van der Waals surface area contributed by atoms with Crippen LogP contribution in [0.5, 0.6) is 5.75 Å². The Morgan fingerprint density at radius 1 is 0.902 bits per heavy atom. The molecule has 0 bridgehead atoms. The van der Waals surface area contributed by atoms with Gasteiger partial charge in [-0.25, -0.2) is 0 Å². The number of carbonyl (C=O) groups is 2. The van der Waals surface area contributed by atoms with Gasteiger partial charge in [0.1, 0.15) is 11.9 Å². The van der Waals surface area contributed by atoms with Gasteiger partial charge >= 0.3 is 5.97 Å². The zero-order valence-electron chi connectivity index (χ0n) is 24.9. The lowest BCUT2D eigenvalue weighted by atomic mass is 9.98. The second-order valence-corrected chi connectivity index (χ2v) is 11.1. The third kappa shape index (κ3) is 8.09. The number of ketones is 1. The maximum atomic E-state index is 13.6. The van der Waals surface area contributed by atoms with Gasteiger partial charge in [0, 0.05) is 29.4 Å². The molecule has 2 aromatic carbocycles. The van der Waals surface area contributed by atoms with Crippen molar-refractivity contribution < 1.29 is 19.1 Å². The van der Waals surface area contributed by atoms with E-state index in [0.717, 1.165) is 42.6 Å². The Morgan fingerprint density at radius 2 is 1.66 bits per heavy atom. The molecule has 4 aromatic rings. The Morgan fingerprint density at radius 3 is 2.34 bits per heavy atom. The van der Waals surface area contributed by atoms with Gasteiger partial charge in [-0.05, 0) is 98.5 Å². The first kappa shape index (κ1) is 30.1. The van der Waals surface area contributed by atoms with Crippen molar-refractivity contribution in [2.24, 2.45) is 5.92 Å². The number of fused-ring (bicyclic) bond motifs is 1. The van der Waals surface area contributed by atoms with Gasteiger partial charge in [-0.1, -0.05) is 57.5 Å². The van der Waals surface area contributed by atoms with Gasteiger partial charge in [-0.15, -0.1) is 0 Å². The molecular weight excluding hydrogens is 510 g/mol. The number of esters is 1. The Kier molecular flexibility index (Phi) is 10.8. The van der Waals surface area contributed by atoms with E-state index in [4.69, 9.17) is 9.47 Å². The number of nitrogens with zero attached hydrogens (tertiary/aromatic N) is 1. The summed E-state index contributed by atoms with van der Waals surface area (Å²) in [5, 5.41) is 0. The van der Waals surface area contributed by atoms with Gasteiger partial charge in [-0.3, -0.25) is 9.59 Å². The molecule has 0 saturated carbocycles. The Bertz CT molecular complexity index is 1420. The van der Waals surface area contributed by atoms with Crippen LogP contribution in [-0.2, 0) is 22.4 Å². The van der Waals surface area contributed by atoms with Crippen molar-refractivity contribution in [2.75, 3.05) is 6.61 Å². The van der Waals surface area contributed by atoms with Gasteiger partial charge in [0.2, 0.25) is 0 Å². The van der Waals surface area contributed by atoms with E-state index in [1.807, 2.05) is 66.1 Å². The van der Waals surface area contributed by atoms with Crippen LogP contribution >= 0.6 is 0 Å². The van der Waals surface area contributed by atoms with E-state index in [0.29, 0.717) is 42.9 Å². The number of hydrogen-bond donors (Lipinski definition) is 0. The molecule has 0 aliphatic rings. The fourth-order valence-electron chi connectivity index (χ4n) is 5.27. The minimum Gasteiger partial charge on any atom is -0.486 e. The van der Waals surface area contributed by atoms with Crippen molar-refractivity contribution in [3.8, 4) is 5.75 Å². The quantitative estimate of drug-likeness (QED) is 0.109. The summed E-state index contributed by atoms with van der Waals surface area (Å²) in [7, 11) is 0. The number of aryl methyl sites for hydroxylation is 1. The molecule has 0 aliphatic carbocycles. The zero-order chi connectivity index (χ0) is 29.2. The number of hydrogen-bond acceptors (Lipinski definition) is 4. The molecule has 0 saturated heterocycles. The zero-order valence-corrected chi connectivity index (χ0v) is 24.9. The van der Waals surface area contributed by atoms with E-state index >= 15 is 0 Å². The van der Waals surface area contributed by atoms with E-state index in [1.54, 1.807) is 0 Å². The molecular formula is C36H43NO4. The van der Waals surface area contributed by atoms with Crippen LogP contribution in [0, 0.1) is 5.92 Å². The number of pyridine rings is 1. The molecule has 5 heteroatoms. The minimum absolute atomic E-state index is 0.0276. The van der Waals surface area contributed by atoms with Crippen LogP contribution in [0.1, 0.15) is 98.6 Å². The lowest BCUT2D eigenvalue weighted by molar-refractivity contribution is -0.143. The summed E-state index contributed by atoms with van der Waals surface area (Å²) in [6.07, 6.45) is 7.85. The number of rotatable bonds is 15. The third-order valence-corrected chi connectivity index (χ3v) is 7.33. The summed E-state index contributed by atoms with van der Waals surface area (Å²) < 4.78 is 13.6. The SMILES string of the molecule is CCCCC(Oc1ccc(C(=O)c2cc(CCCC(=O)OCC)n3ccccc23)cc1)c1ccc(CC(C)C)cc1. The van der Waals surface area contributed by atoms with Gasteiger partial charge in [0.15, 0.2) is 5.78 Å². The second-order valence-electron chi connectivity index (χ2n) is 11.1. The highest BCUT2D eigenvalue weighted by molar-refractivity contribution is 6.13. The number of benzene rings is 2. The van der Waals surface area contributed by atoms with Gasteiger partial charge in [0.25, 0.3) is 0 Å². The molecule has 4 rings (SSSR count). The topological polar surface area (TPSA) is 57.0 Å². The lowest BCUT2D eigenvalue weighted by Gasteiger charge is -2.20. The van der Waals surface area contributed by atoms with Crippen molar-refractivity contribution in [2.45, 2.75) is 78.7 Å². The van der Waals surface area contributed by atoms with Crippen molar-refractivity contribution in [1.82, 2.24) is 4.40 Å². The summed E-state index contributed by atoms with van der Waals surface area (Å²) in [5.41, 5.74) is 5.68. The molecule has 41 heavy (non-hydrogen) atoms. The van der Waals surface area contributed by atoms with Crippen LogP contribution in [0.15, 0.2) is 79.0 Å². The second kappa shape index (κ2) is 14.7. The molecule has 0 aliphatic heterocycles. The molecule has 216 valence electrons. The molecule has 1 unspecified atom stereocenters. The summed E-state index contributed by atoms with van der Waals surface area (Å²) in [6, 6.07) is 24.1. The average molecular weight is 554 g/mol. The molecule has 0 spiro atoms. The fourth-order valence-corrected chi connectivity index (χ4v) is 5.27. The van der Waals surface area contributed by atoms with Crippen LogP contribution in [0.3, 0.4) is 0 Å². The molecule has 0 N–H and O–H groups in total. The van der Waals surface area contributed by atoms with E-state index in [1.165, 1.54) is 11.1 Å². The Hall–Kier alpha value is -3.86.